The maximum Gasteiger partial charge on any atom is 0.281 e. The molecule has 1 saturated heterocycles. The Morgan fingerprint density at radius 1 is 1.14 bits per heavy atom. The number of hydrogen-bond acceptors (Lipinski definition) is 7. The van der Waals surface area contributed by atoms with Gasteiger partial charge in [0.25, 0.3) is 5.56 Å². The van der Waals surface area contributed by atoms with Crippen LogP contribution in [0.4, 0.5) is 4.39 Å². The highest BCUT2D eigenvalue weighted by Crippen LogP contribution is 2.29. The molecule has 0 bridgehead atoms. The Hall–Kier alpha value is -3.64. The van der Waals surface area contributed by atoms with Crippen molar-refractivity contribution in [3.05, 3.63) is 76.1 Å². The summed E-state index contributed by atoms with van der Waals surface area (Å²) in [6.07, 6.45) is 1.29. The molecule has 0 radical (unpaired) electrons. The highest BCUT2D eigenvalue weighted by Gasteiger charge is 2.32. The summed E-state index contributed by atoms with van der Waals surface area (Å²) < 4.78 is 47.7. The van der Waals surface area contributed by atoms with Crippen molar-refractivity contribution >= 4 is 21.2 Å². The summed E-state index contributed by atoms with van der Waals surface area (Å²) in [7, 11) is -2.21. The summed E-state index contributed by atoms with van der Waals surface area (Å²) in [6.45, 7) is 0.818. The quantitative estimate of drug-likeness (QED) is 0.433. The molecule has 0 aliphatic carbocycles. The van der Waals surface area contributed by atoms with E-state index in [1.165, 1.54) is 40.4 Å². The zero-order valence-electron chi connectivity index (χ0n) is 18.9. The van der Waals surface area contributed by atoms with Gasteiger partial charge in [-0.15, -0.1) is 5.10 Å². The van der Waals surface area contributed by atoms with Crippen LogP contribution in [0.1, 0.15) is 30.1 Å². The van der Waals surface area contributed by atoms with E-state index in [1.807, 2.05) is 0 Å². The van der Waals surface area contributed by atoms with Gasteiger partial charge in [0.05, 0.1) is 18.6 Å². The van der Waals surface area contributed by atoms with Gasteiger partial charge >= 0.3 is 0 Å². The SMILES string of the molecule is COc1ccc(S(=O)(=O)N2CCC[C@@H](c3nc4c(nnn4Cc4ccc(F)cc4)c(=O)[nH]3)C2)cc1. The van der Waals surface area contributed by atoms with E-state index in [9.17, 15) is 17.6 Å². The number of fused-ring (bicyclic) bond motifs is 1. The van der Waals surface area contributed by atoms with Crippen LogP contribution < -0.4 is 10.3 Å². The van der Waals surface area contributed by atoms with E-state index in [0.717, 1.165) is 5.56 Å². The smallest absolute Gasteiger partial charge is 0.281 e. The zero-order valence-corrected chi connectivity index (χ0v) is 19.7. The lowest BCUT2D eigenvalue weighted by Crippen LogP contribution is -2.39. The van der Waals surface area contributed by atoms with Crippen molar-refractivity contribution in [2.75, 3.05) is 20.2 Å². The summed E-state index contributed by atoms with van der Waals surface area (Å²) in [6, 6.07) is 12.2. The van der Waals surface area contributed by atoms with E-state index in [4.69, 9.17) is 4.74 Å². The van der Waals surface area contributed by atoms with Crippen LogP contribution in [0, 0.1) is 5.82 Å². The maximum absolute atomic E-state index is 13.2. The van der Waals surface area contributed by atoms with Crippen LogP contribution in [0.2, 0.25) is 0 Å². The topological polar surface area (TPSA) is 123 Å². The third-order valence-electron chi connectivity index (χ3n) is 6.11. The second-order valence-electron chi connectivity index (χ2n) is 8.37. The number of hydrogen-bond donors (Lipinski definition) is 1. The molecule has 3 heterocycles. The molecular formula is C23H23FN6O4S. The summed E-state index contributed by atoms with van der Waals surface area (Å²) in [5.41, 5.74) is 0.722. The zero-order chi connectivity index (χ0) is 24.6. The first-order valence-electron chi connectivity index (χ1n) is 11.1. The number of aromatic amines is 1. The molecule has 0 spiro atoms. The largest absolute Gasteiger partial charge is 0.497 e. The molecular weight excluding hydrogens is 475 g/mol. The van der Waals surface area contributed by atoms with E-state index in [0.29, 0.717) is 36.6 Å². The number of piperidine rings is 1. The summed E-state index contributed by atoms with van der Waals surface area (Å²) in [5, 5.41) is 7.98. The number of benzene rings is 2. The Morgan fingerprint density at radius 3 is 2.60 bits per heavy atom. The van der Waals surface area contributed by atoms with Crippen LogP contribution in [0.5, 0.6) is 5.75 Å². The first-order valence-corrected chi connectivity index (χ1v) is 12.5. The fourth-order valence-electron chi connectivity index (χ4n) is 4.23. The second-order valence-corrected chi connectivity index (χ2v) is 10.3. The fraction of sp³-hybridized carbons (Fsp3) is 0.304. The van der Waals surface area contributed by atoms with Crippen LogP contribution in [-0.2, 0) is 16.6 Å². The van der Waals surface area contributed by atoms with Crippen LogP contribution in [0.25, 0.3) is 11.2 Å². The number of nitrogens with zero attached hydrogens (tertiary/aromatic N) is 5. The molecule has 0 unspecified atom stereocenters. The van der Waals surface area contributed by atoms with Gasteiger partial charge in [0.2, 0.25) is 10.0 Å². The molecule has 1 N–H and O–H groups in total. The molecule has 182 valence electrons. The number of ether oxygens (including phenoxy) is 1. The normalized spacial score (nSPS) is 17.0. The molecule has 0 saturated carbocycles. The minimum absolute atomic E-state index is 0.0920. The molecule has 1 fully saturated rings. The van der Waals surface area contributed by atoms with Gasteiger partial charge in [-0.2, -0.15) is 4.31 Å². The van der Waals surface area contributed by atoms with Gasteiger partial charge in [-0.1, -0.05) is 17.3 Å². The van der Waals surface area contributed by atoms with Crippen molar-refractivity contribution in [3.8, 4) is 5.75 Å². The van der Waals surface area contributed by atoms with Gasteiger partial charge in [-0.05, 0) is 54.8 Å². The van der Waals surface area contributed by atoms with Gasteiger partial charge < -0.3 is 9.72 Å². The van der Waals surface area contributed by atoms with E-state index in [-0.39, 0.29) is 35.2 Å². The average molecular weight is 499 g/mol. The van der Waals surface area contributed by atoms with Crippen molar-refractivity contribution in [1.29, 1.82) is 0 Å². The monoisotopic (exact) mass is 498 g/mol. The molecule has 4 aromatic rings. The number of methoxy groups -OCH3 is 1. The van der Waals surface area contributed by atoms with Gasteiger partial charge in [0.15, 0.2) is 11.2 Å². The number of halogens is 1. The molecule has 35 heavy (non-hydrogen) atoms. The molecule has 2 aromatic carbocycles. The van der Waals surface area contributed by atoms with Crippen molar-refractivity contribution in [2.45, 2.75) is 30.2 Å². The molecule has 10 nitrogen and oxygen atoms in total. The number of aromatic nitrogens is 5. The highest BCUT2D eigenvalue weighted by molar-refractivity contribution is 7.89. The minimum Gasteiger partial charge on any atom is -0.497 e. The molecule has 1 aliphatic heterocycles. The maximum atomic E-state index is 13.2. The van der Waals surface area contributed by atoms with Crippen LogP contribution in [0.3, 0.4) is 0 Å². The molecule has 0 amide bonds. The van der Waals surface area contributed by atoms with Crippen molar-refractivity contribution in [3.63, 3.8) is 0 Å². The number of sulfonamides is 1. The summed E-state index contributed by atoms with van der Waals surface area (Å²) in [5.74, 6) is 0.310. The fourth-order valence-corrected chi connectivity index (χ4v) is 5.75. The van der Waals surface area contributed by atoms with Crippen molar-refractivity contribution in [2.24, 2.45) is 0 Å². The van der Waals surface area contributed by atoms with E-state index < -0.39 is 15.6 Å². The average Bonchev–Trinajstić information content (AvgIpc) is 3.28. The predicted octanol–water partition coefficient (Wildman–Crippen LogP) is 2.28. The third kappa shape index (κ3) is 4.54. The van der Waals surface area contributed by atoms with Crippen LogP contribution >= 0.6 is 0 Å². The lowest BCUT2D eigenvalue weighted by atomic mass is 9.99. The molecule has 1 aliphatic rings. The summed E-state index contributed by atoms with van der Waals surface area (Å²) in [4.78, 5) is 20.3. The Balaban J connectivity index is 1.43. The molecule has 1 atom stereocenters. The Kier molecular flexibility index (Phi) is 6.07. The van der Waals surface area contributed by atoms with Crippen LogP contribution in [-0.4, -0.2) is 57.9 Å². The van der Waals surface area contributed by atoms with Crippen LogP contribution in [0.15, 0.2) is 58.2 Å². The van der Waals surface area contributed by atoms with Crippen molar-refractivity contribution in [1.82, 2.24) is 29.3 Å². The molecule has 5 rings (SSSR count). The first kappa shape index (κ1) is 23.1. The Labute approximate surface area is 200 Å². The van der Waals surface area contributed by atoms with Crippen molar-refractivity contribution < 1.29 is 17.5 Å². The van der Waals surface area contributed by atoms with Gasteiger partial charge in [0.1, 0.15) is 17.4 Å². The number of H-pyrrole nitrogens is 1. The van der Waals surface area contributed by atoms with E-state index >= 15 is 0 Å². The number of nitrogens with one attached hydrogen (secondary N) is 1. The summed E-state index contributed by atoms with van der Waals surface area (Å²) >= 11 is 0. The Morgan fingerprint density at radius 2 is 1.89 bits per heavy atom. The predicted molar refractivity (Wildman–Crippen MR) is 125 cm³/mol. The second kappa shape index (κ2) is 9.19. The van der Waals surface area contributed by atoms with Gasteiger partial charge in [0, 0.05) is 19.0 Å². The first-order chi connectivity index (χ1) is 16.8. The van der Waals surface area contributed by atoms with E-state index in [2.05, 4.69) is 20.3 Å². The Bertz CT molecular complexity index is 1520. The standard InChI is InChI=1S/C23H23FN6O4S/c1-34-18-8-10-19(11-9-18)35(32,33)29-12-2-3-16(14-29)21-25-22-20(23(31)26-21)27-28-30(22)13-15-4-6-17(24)7-5-15/h4-11,16H,2-3,12-14H2,1H3,(H,25,26,31)/t16-/m1/s1. The third-order valence-corrected chi connectivity index (χ3v) is 7.99. The lowest BCUT2D eigenvalue weighted by Gasteiger charge is -2.31. The van der Waals surface area contributed by atoms with E-state index in [1.54, 1.807) is 24.3 Å². The lowest BCUT2D eigenvalue weighted by molar-refractivity contribution is 0.309. The minimum atomic E-state index is -3.72. The van der Waals surface area contributed by atoms with Gasteiger partial charge in [-0.3, -0.25) is 4.79 Å². The molecule has 2 aromatic heterocycles. The molecule has 12 heteroatoms. The van der Waals surface area contributed by atoms with Gasteiger partial charge in [-0.25, -0.2) is 22.5 Å². The highest BCUT2D eigenvalue weighted by atomic mass is 32.2. The number of rotatable bonds is 6.